The number of rotatable bonds is 1. The fourth-order valence-corrected chi connectivity index (χ4v) is 1.26. The minimum Gasteiger partial charge on any atom is -0.501 e. The van der Waals surface area contributed by atoms with Gasteiger partial charge in [-0.1, -0.05) is 0 Å². The van der Waals surface area contributed by atoms with E-state index in [2.05, 4.69) is 0 Å². The van der Waals surface area contributed by atoms with Crippen LogP contribution in [0.15, 0.2) is 28.2 Å². The molecule has 1 aromatic heterocycles. The lowest BCUT2D eigenvalue weighted by molar-refractivity contribution is -0.124. The Morgan fingerprint density at radius 1 is 1.50 bits per heavy atom. The van der Waals surface area contributed by atoms with Crippen LogP contribution in [0.1, 0.15) is 17.6 Å². The molecule has 0 amide bonds. The van der Waals surface area contributed by atoms with Gasteiger partial charge in [-0.2, -0.15) is 0 Å². The number of ether oxygens (including phenoxy) is 1. The number of carbonyl (C=O) groups is 1. The van der Waals surface area contributed by atoms with E-state index >= 15 is 0 Å². The Balaban J connectivity index is 2.29. The van der Waals surface area contributed by atoms with Crippen LogP contribution < -0.4 is 5.73 Å². The standard InChI is InChI=1S/C9H9NO4/c1-4-2-3-5(13-4)8-6(11)7(12)9(10)14-8/h2-3,8,12H,10H2,1H3/t8-/m1/s1. The first-order valence-electron chi connectivity index (χ1n) is 4.05. The van der Waals surface area contributed by atoms with Crippen molar-refractivity contribution in [2.45, 2.75) is 13.0 Å². The summed E-state index contributed by atoms with van der Waals surface area (Å²) in [4.78, 5) is 11.4. The molecule has 5 nitrogen and oxygen atoms in total. The topological polar surface area (TPSA) is 85.7 Å². The average Bonchev–Trinajstić information content (AvgIpc) is 2.66. The maximum absolute atomic E-state index is 11.4. The molecule has 0 aliphatic carbocycles. The number of nitrogens with two attached hydrogens (primary N) is 1. The Hall–Kier alpha value is -1.91. The highest BCUT2D eigenvalue weighted by molar-refractivity contribution is 5.99. The summed E-state index contributed by atoms with van der Waals surface area (Å²) >= 11 is 0. The zero-order chi connectivity index (χ0) is 10.3. The van der Waals surface area contributed by atoms with Crippen molar-refractivity contribution < 1.29 is 19.1 Å². The van der Waals surface area contributed by atoms with E-state index < -0.39 is 17.6 Å². The van der Waals surface area contributed by atoms with Crippen molar-refractivity contribution in [2.24, 2.45) is 5.73 Å². The first kappa shape index (κ1) is 8.68. The molecule has 3 N–H and O–H groups in total. The van der Waals surface area contributed by atoms with Gasteiger partial charge in [-0.15, -0.1) is 0 Å². The van der Waals surface area contributed by atoms with Gasteiger partial charge in [0.2, 0.25) is 17.7 Å². The van der Waals surface area contributed by atoms with E-state index in [0.717, 1.165) is 0 Å². The highest BCUT2D eigenvalue weighted by atomic mass is 16.5. The molecule has 2 heterocycles. The Morgan fingerprint density at radius 2 is 2.21 bits per heavy atom. The number of furan rings is 1. The molecule has 1 aromatic rings. The van der Waals surface area contributed by atoms with Crippen molar-refractivity contribution in [1.82, 2.24) is 0 Å². The SMILES string of the molecule is Cc1ccc([C@H]2OC(N)=C(O)C2=O)o1. The number of aliphatic hydroxyl groups excluding tert-OH is 1. The molecule has 0 spiro atoms. The van der Waals surface area contributed by atoms with Crippen molar-refractivity contribution in [2.75, 3.05) is 0 Å². The van der Waals surface area contributed by atoms with Crippen LogP contribution in [0.3, 0.4) is 0 Å². The van der Waals surface area contributed by atoms with Gasteiger partial charge >= 0.3 is 0 Å². The number of hydrogen-bond donors (Lipinski definition) is 2. The van der Waals surface area contributed by atoms with E-state index in [-0.39, 0.29) is 5.88 Å². The Labute approximate surface area is 79.8 Å². The molecule has 0 aromatic carbocycles. The van der Waals surface area contributed by atoms with E-state index in [9.17, 15) is 4.79 Å². The van der Waals surface area contributed by atoms with Gasteiger partial charge in [0.1, 0.15) is 5.76 Å². The Bertz CT molecular complexity index is 418. The van der Waals surface area contributed by atoms with E-state index in [1.165, 1.54) is 0 Å². The Morgan fingerprint density at radius 3 is 2.64 bits per heavy atom. The number of Topliss-reactive ketones (excluding diaryl/α,β-unsaturated/α-hetero) is 1. The van der Waals surface area contributed by atoms with Crippen LogP contribution >= 0.6 is 0 Å². The van der Waals surface area contributed by atoms with Gasteiger partial charge in [0.25, 0.3) is 5.78 Å². The molecule has 0 saturated carbocycles. The third-order valence-electron chi connectivity index (χ3n) is 1.97. The first-order chi connectivity index (χ1) is 6.59. The highest BCUT2D eigenvalue weighted by Crippen LogP contribution is 2.30. The molecule has 0 fully saturated rings. The second-order valence-electron chi connectivity index (χ2n) is 3.02. The quantitative estimate of drug-likeness (QED) is 0.695. The molecule has 0 unspecified atom stereocenters. The monoisotopic (exact) mass is 195 g/mol. The summed E-state index contributed by atoms with van der Waals surface area (Å²) in [6, 6.07) is 3.32. The fraction of sp³-hybridized carbons (Fsp3) is 0.222. The third-order valence-corrected chi connectivity index (χ3v) is 1.97. The molecule has 1 atom stereocenters. The van der Waals surface area contributed by atoms with Crippen LogP contribution in [-0.4, -0.2) is 10.9 Å². The van der Waals surface area contributed by atoms with Crippen LogP contribution in [0.5, 0.6) is 0 Å². The van der Waals surface area contributed by atoms with Gasteiger partial charge in [-0.25, -0.2) is 0 Å². The van der Waals surface area contributed by atoms with Crippen molar-refractivity contribution in [3.63, 3.8) is 0 Å². The molecule has 1 aliphatic rings. The lowest BCUT2D eigenvalue weighted by atomic mass is 10.2. The van der Waals surface area contributed by atoms with Crippen molar-refractivity contribution in [1.29, 1.82) is 0 Å². The van der Waals surface area contributed by atoms with Gasteiger partial charge in [-0.3, -0.25) is 4.79 Å². The summed E-state index contributed by atoms with van der Waals surface area (Å²) < 4.78 is 10.1. The zero-order valence-electron chi connectivity index (χ0n) is 7.48. The van der Waals surface area contributed by atoms with E-state index in [1.54, 1.807) is 19.1 Å². The molecule has 5 heteroatoms. The van der Waals surface area contributed by atoms with E-state index in [0.29, 0.717) is 11.5 Å². The second kappa shape index (κ2) is 2.80. The van der Waals surface area contributed by atoms with Crippen LogP contribution in [0.4, 0.5) is 0 Å². The molecular formula is C9H9NO4. The fourth-order valence-electron chi connectivity index (χ4n) is 1.26. The van der Waals surface area contributed by atoms with Gasteiger partial charge in [-0.05, 0) is 19.1 Å². The molecule has 0 bridgehead atoms. The maximum atomic E-state index is 11.4. The van der Waals surface area contributed by atoms with Crippen molar-refractivity contribution in [3.8, 4) is 0 Å². The highest BCUT2D eigenvalue weighted by Gasteiger charge is 2.37. The van der Waals surface area contributed by atoms with Gasteiger partial charge in [0, 0.05) is 0 Å². The van der Waals surface area contributed by atoms with Crippen LogP contribution in [0.2, 0.25) is 0 Å². The minimum atomic E-state index is -0.941. The van der Waals surface area contributed by atoms with Gasteiger partial charge < -0.3 is 20.0 Å². The summed E-state index contributed by atoms with van der Waals surface area (Å²) in [6.45, 7) is 1.75. The largest absolute Gasteiger partial charge is 0.501 e. The zero-order valence-corrected chi connectivity index (χ0v) is 7.48. The van der Waals surface area contributed by atoms with Crippen molar-refractivity contribution >= 4 is 5.78 Å². The third kappa shape index (κ3) is 1.14. The predicted octanol–water partition coefficient (Wildman–Crippen LogP) is 0.914. The number of carbonyl (C=O) groups excluding carboxylic acids is 1. The number of aliphatic hydroxyl groups is 1. The lowest BCUT2D eigenvalue weighted by Crippen LogP contribution is -2.08. The average molecular weight is 195 g/mol. The number of hydrogen-bond acceptors (Lipinski definition) is 5. The van der Waals surface area contributed by atoms with Crippen molar-refractivity contribution in [3.05, 3.63) is 35.3 Å². The molecular weight excluding hydrogens is 186 g/mol. The Kier molecular flexibility index (Phi) is 1.73. The molecule has 74 valence electrons. The normalized spacial score (nSPS) is 21.5. The summed E-state index contributed by atoms with van der Waals surface area (Å²) in [7, 11) is 0. The molecule has 1 aliphatic heterocycles. The second-order valence-corrected chi connectivity index (χ2v) is 3.02. The summed E-state index contributed by atoms with van der Waals surface area (Å²) in [5.74, 6) is -0.351. The van der Waals surface area contributed by atoms with E-state index in [1.807, 2.05) is 0 Å². The lowest BCUT2D eigenvalue weighted by Gasteiger charge is -2.05. The molecule has 0 radical (unpaired) electrons. The number of aryl methyl sites for hydroxylation is 1. The molecule has 2 rings (SSSR count). The first-order valence-corrected chi connectivity index (χ1v) is 4.05. The smallest absolute Gasteiger partial charge is 0.251 e. The van der Waals surface area contributed by atoms with Crippen LogP contribution in [-0.2, 0) is 9.53 Å². The van der Waals surface area contributed by atoms with Crippen LogP contribution in [0.25, 0.3) is 0 Å². The summed E-state index contributed by atoms with van der Waals surface area (Å²) in [5, 5.41) is 9.14. The molecule has 0 saturated heterocycles. The predicted molar refractivity (Wildman–Crippen MR) is 46.1 cm³/mol. The van der Waals surface area contributed by atoms with Gasteiger partial charge in [0.15, 0.2) is 5.76 Å². The summed E-state index contributed by atoms with van der Waals surface area (Å²) in [6.07, 6.45) is -0.941. The van der Waals surface area contributed by atoms with Crippen LogP contribution in [0, 0.1) is 6.92 Å². The van der Waals surface area contributed by atoms with E-state index in [4.69, 9.17) is 20.0 Å². The minimum absolute atomic E-state index is 0.256. The molecule has 14 heavy (non-hydrogen) atoms. The summed E-state index contributed by atoms with van der Waals surface area (Å²) in [5.41, 5.74) is 5.25. The maximum Gasteiger partial charge on any atom is 0.251 e. The number of ketones is 1. The van der Waals surface area contributed by atoms with Gasteiger partial charge in [0.05, 0.1) is 0 Å².